The van der Waals surface area contributed by atoms with Gasteiger partial charge in [-0.15, -0.1) is 0 Å². The first-order chi connectivity index (χ1) is 7.86. The second-order valence-corrected chi connectivity index (χ2v) is 3.37. The van der Waals surface area contributed by atoms with Gasteiger partial charge < -0.3 is 9.84 Å². The highest BCUT2D eigenvalue weighted by Crippen LogP contribution is 2.36. The Hall–Kier alpha value is -1.72. The normalized spacial score (nSPS) is 11.3. The summed E-state index contributed by atoms with van der Waals surface area (Å²) >= 11 is 0. The van der Waals surface area contributed by atoms with E-state index >= 15 is 0 Å². The van der Waals surface area contributed by atoms with Crippen molar-refractivity contribution < 1.29 is 27.8 Å². The van der Waals surface area contributed by atoms with Crippen molar-refractivity contribution in [2.75, 3.05) is 6.61 Å². The summed E-state index contributed by atoms with van der Waals surface area (Å²) in [6, 6.07) is 2.49. The highest BCUT2D eigenvalue weighted by atomic mass is 19.4. The zero-order chi connectivity index (χ0) is 13.1. The van der Waals surface area contributed by atoms with E-state index in [0.717, 1.165) is 12.1 Å². The monoisotopic (exact) mass is 248 g/mol. The van der Waals surface area contributed by atoms with E-state index in [9.17, 15) is 18.0 Å². The van der Waals surface area contributed by atoms with Crippen LogP contribution < -0.4 is 0 Å². The average molecular weight is 248 g/mol. The fourth-order valence-electron chi connectivity index (χ4n) is 1.17. The standard InChI is InChI=1S/C11H11F3O3/c1-2-5-17-10(16)7-3-4-9(15)8(6-7)11(12,13)14/h3-4,6,15H,2,5H2,1H3. The number of alkyl halides is 3. The number of halogens is 3. The lowest BCUT2D eigenvalue weighted by Gasteiger charge is -2.10. The average Bonchev–Trinajstić information content (AvgIpc) is 2.25. The van der Waals surface area contributed by atoms with E-state index < -0.39 is 23.5 Å². The highest BCUT2D eigenvalue weighted by Gasteiger charge is 2.34. The molecule has 0 amide bonds. The van der Waals surface area contributed by atoms with E-state index in [4.69, 9.17) is 9.84 Å². The highest BCUT2D eigenvalue weighted by molar-refractivity contribution is 5.89. The molecule has 0 bridgehead atoms. The molecule has 0 fully saturated rings. The minimum absolute atomic E-state index is 0.140. The third-order valence-corrected chi connectivity index (χ3v) is 1.97. The minimum atomic E-state index is -4.70. The van der Waals surface area contributed by atoms with Gasteiger partial charge in [0.1, 0.15) is 5.75 Å². The van der Waals surface area contributed by atoms with E-state index in [2.05, 4.69) is 0 Å². The quantitative estimate of drug-likeness (QED) is 0.836. The van der Waals surface area contributed by atoms with E-state index in [0.29, 0.717) is 12.5 Å². The Morgan fingerprint density at radius 1 is 1.41 bits per heavy atom. The maximum absolute atomic E-state index is 12.4. The number of aromatic hydroxyl groups is 1. The number of benzene rings is 1. The minimum Gasteiger partial charge on any atom is -0.507 e. The first-order valence-corrected chi connectivity index (χ1v) is 4.93. The third kappa shape index (κ3) is 3.37. The summed E-state index contributed by atoms with van der Waals surface area (Å²) in [5.41, 5.74) is -1.48. The van der Waals surface area contributed by atoms with Crippen LogP contribution in [0, 0.1) is 0 Å². The SMILES string of the molecule is CCCOC(=O)c1ccc(O)c(C(F)(F)F)c1. The van der Waals surface area contributed by atoms with E-state index in [1.165, 1.54) is 0 Å². The number of carbonyl (C=O) groups excluding carboxylic acids is 1. The molecule has 0 unspecified atom stereocenters. The summed E-state index contributed by atoms with van der Waals surface area (Å²) in [5.74, 6) is -1.75. The molecular weight excluding hydrogens is 237 g/mol. The summed E-state index contributed by atoms with van der Waals surface area (Å²) in [6.07, 6.45) is -4.12. The molecule has 0 radical (unpaired) electrons. The van der Waals surface area contributed by atoms with Crippen molar-refractivity contribution >= 4 is 5.97 Å². The number of esters is 1. The lowest BCUT2D eigenvalue weighted by atomic mass is 10.1. The zero-order valence-corrected chi connectivity index (χ0v) is 9.04. The van der Waals surface area contributed by atoms with E-state index in [1.807, 2.05) is 0 Å². The molecule has 1 N–H and O–H groups in total. The molecule has 94 valence electrons. The van der Waals surface area contributed by atoms with Gasteiger partial charge in [-0.1, -0.05) is 6.92 Å². The van der Waals surface area contributed by atoms with Crippen LogP contribution >= 0.6 is 0 Å². The molecule has 0 atom stereocenters. The summed E-state index contributed by atoms with van der Waals surface area (Å²) in [6.45, 7) is 1.91. The van der Waals surface area contributed by atoms with E-state index in [-0.39, 0.29) is 12.2 Å². The molecule has 1 rings (SSSR count). The maximum Gasteiger partial charge on any atom is 0.419 e. The Kier molecular flexibility index (Phi) is 3.98. The van der Waals surface area contributed by atoms with Gasteiger partial charge in [0.05, 0.1) is 17.7 Å². The van der Waals surface area contributed by atoms with Gasteiger partial charge in [0.25, 0.3) is 0 Å². The van der Waals surface area contributed by atoms with Gasteiger partial charge >= 0.3 is 12.1 Å². The number of hydrogen-bond donors (Lipinski definition) is 1. The van der Waals surface area contributed by atoms with Crippen LogP contribution in [0.2, 0.25) is 0 Å². The zero-order valence-electron chi connectivity index (χ0n) is 9.04. The van der Waals surface area contributed by atoms with Gasteiger partial charge in [0.2, 0.25) is 0 Å². The second kappa shape index (κ2) is 5.07. The molecule has 1 aromatic rings. The Labute approximate surface area is 95.8 Å². The molecule has 0 aliphatic rings. The van der Waals surface area contributed by atoms with Gasteiger partial charge in [-0.3, -0.25) is 0 Å². The molecule has 0 aliphatic carbocycles. The summed E-state index contributed by atoms with van der Waals surface area (Å²) in [5, 5.41) is 9.06. The van der Waals surface area contributed by atoms with Crippen molar-refractivity contribution in [1.82, 2.24) is 0 Å². The molecule has 0 saturated carbocycles. The molecule has 0 saturated heterocycles. The molecule has 3 nitrogen and oxygen atoms in total. The van der Waals surface area contributed by atoms with Crippen LogP contribution in [0.3, 0.4) is 0 Å². The number of hydrogen-bond acceptors (Lipinski definition) is 3. The lowest BCUT2D eigenvalue weighted by molar-refractivity contribution is -0.138. The second-order valence-electron chi connectivity index (χ2n) is 3.37. The van der Waals surface area contributed by atoms with Crippen LogP contribution in [0.5, 0.6) is 5.75 Å². The molecule has 0 aromatic heterocycles. The van der Waals surface area contributed by atoms with Crippen LogP contribution in [0.25, 0.3) is 0 Å². The van der Waals surface area contributed by atoms with Gasteiger partial charge in [0.15, 0.2) is 0 Å². The molecule has 1 aromatic carbocycles. The van der Waals surface area contributed by atoms with Crippen LogP contribution in [0.15, 0.2) is 18.2 Å². The maximum atomic E-state index is 12.4. The number of phenols is 1. The summed E-state index contributed by atoms with van der Waals surface area (Å²) in [4.78, 5) is 11.3. The van der Waals surface area contributed by atoms with Crippen LogP contribution in [0.4, 0.5) is 13.2 Å². The van der Waals surface area contributed by atoms with Crippen molar-refractivity contribution in [1.29, 1.82) is 0 Å². The van der Waals surface area contributed by atoms with Crippen molar-refractivity contribution in [3.63, 3.8) is 0 Å². The van der Waals surface area contributed by atoms with Crippen LogP contribution in [-0.4, -0.2) is 17.7 Å². The van der Waals surface area contributed by atoms with Crippen LogP contribution in [-0.2, 0) is 10.9 Å². The van der Waals surface area contributed by atoms with Crippen molar-refractivity contribution in [2.24, 2.45) is 0 Å². The third-order valence-electron chi connectivity index (χ3n) is 1.97. The van der Waals surface area contributed by atoms with Gasteiger partial charge in [0, 0.05) is 0 Å². The first-order valence-electron chi connectivity index (χ1n) is 4.93. The molecule has 0 heterocycles. The van der Waals surface area contributed by atoms with Gasteiger partial charge in [-0.05, 0) is 24.6 Å². The Morgan fingerprint density at radius 2 is 2.06 bits per heavy atom. The Morgan fingerprint density at radius 3 is 2.59 bits per heavy atom. The summed E-state index contributed by atoms with van der Waals surface area (Å²) in [7, 11) is 0. The van der Waals surface area contributed by atoms with E-state index in [1.54, 1.807) is 6.92 Å². The Bertz CT molecular complexity index is 413. The number of ether oxygens (including phenoxy) is 1. The smallest absolute Gasteiger partial charge is 0.419 e. The predicted octanol–water partition coefficient (Wildman–Crippen LogP) is 2.98. The fourth-order valence-corrected chi connectivity index (χ4v) is 1.17. The molecular formula is C11H11F3O3. The molecule has 0 spiro atoms. The largest absolute Gasteiger partial charge is 0.507 e. The predicted molar refractivity (Wildman–Crippen MR) is 53.7 cm³/mol. The fraction of sp³-hybridized carbons (Fsp3) is 0.364. The van der Waals surface area contributed by atoms with Gasteiger partial charge in [-0.2, -0.15) is 13.2 Å². The number of rotatable bonds is 3. The molecule has 17 heavy (non-hydrogen) atoms. The number of phenolic OH excluding ortho intramolecular Hbond substituents is 1. The van der Waals surface area contributed by atoms with Crippen molar-refractivity contribution in [3.8, 4) is 5.75 Å². The molecule has 0 aliphatic heterocycles. The van der Waals surface area contributed by atoms with Crippen molar-refractivity contribution in [3.05, 3.63) is 29.3 Å². The topological polar surface area (TPSA) is 46.5 Å². The van der Waals surface area contributed by atoms with Gasteiger partial charge in [-0.25, -0.2) is 4.79 Å². The first kappa shape index (κ1) is 13.3. The number of carbonyl (C=O) groups is 1. The lowest BCUT2D eigenvalue weighted by Crippen LogP contribution is -2.10. The Balaban J connectivity index is 3.00. The molecule has 6 heteroatoms. The summed E-state index contributed by atoms with van der Waals surface area (Å²) < 4.78 is 42.0. The van der Waals surface area contributed by atoms with Crippen LogP contribution in [0.1, 0.15) is 29.3 Å². The van der Waals surface area contributed by atoms with Crippen molar-refractivity contribution in [2.45, 2.75) is 19.5 Å².